The van der Waals surface area contributed by atoms with Gasteiger partial charge in [-0.3, -0.25) is 9.59 Å². The monoisotopic (exact) mass is 391 g/mol. The molecule has 0 saturated carbocycles. The van der Waals surface area contributed by atoms with Crippen LogP contribution in [-0.4, -0.2) is 51.9 Å². The Hall–Kier alpha value is -2.48. The fraction of sp³-hybridized carbons (Fsp3) is 0.474. The van der Waals surface area contributed by atoms with E-state index in [0.717, 1.165) is 28.1 Å². The predicted molar refractivity (Wildman–Crippen MR) is 105 cm³/mol. The number of amides is 2. The standard InChI is InChI=1S/C19H25N3O4S/c1-13(19(25)26)22(12-11-20-14(2)23)18(24)10-6-5-9-17-21-15-7-3-4-8-16(15)27-17/h3-4,7-8,13H,5-6,9-12H2,1-2H3,(H,20,23)(H,25,26). The highest BCUT2D eigenvalue weighted by Crippen LogP contribution is 2.23. The molecule has 0 aliphatic rings. The van der Waals surface area contributed by atoms with Crippen molar-refractivity contribution in [3.63, 3.8) is 0 Å². The van der Waals surface area contributed by atoms with E-state index < -0.39 is 12.0 Å². The molecule has 1 atom stereocenters. The molecule has 1 aromatic carbocycles. The first-order valence-electron chi connectivity index (χ1n) is 8.99. The van der Waals surface area contributed by atoms with Gasteiger partial charge in [0, 0.05) is 26.4 Å². The van der Waals surface area contributed by atoms with Gasteiger partial charge in [0.15, 0.2) is 0 Å². The number of rotatable bonds is 10. The van der Waals surface area contributed by atoms with Gasteiger partial charge in [-0.25, -0.2) is 9.78 Å². The van der Waals surface area contributed by atoms with Gasteiger partial charge in [0.25, 0.3) is 0 Å². The number of aliphatic carboxylic acids is 1. The Balaban J connectivity index is 1.82. The Morgan fingerprint density at radius 3 is 2.67 bits per heavy atom. The van der Waals surface area contributed by atoms with Crippen LogP contribution >= 0.6 is 11.3 Å². The fourth-order valence-corrected chi connectivity index (χ4v) is 3.75. The van der Waals surface area contributed by atoms with Crippen LogP contribution in [-0.2, 0) is 20.8 Å². The highest BCUT2D eigenvalue weighted by Gasteiger charge is 2.24. The molecule has 1 heterocycles. The number of fused-ring (bicyclic) bond motifs is 1. The van der Waals surface area contributed by atoms with Gasteiger partial charge in [0.1, 0.15) is 6.04 Å². The minimum Gasteiger partial charge on any atom is -0.480 e. The zero-order valence-electron chi connectivity index (χ0n) is 15.6. The molecular weight excluding hydrogens is 366 g/mol. The van der Waals surface area contributed by atoms with Crippen LogP contribution in [0.15, 0.2) is 24.3 Å². The third-order valence-corrected chi connectivity index (χ3v) is 5.34. The van der Waals surface area contributed by atoms with Gasteiger partial charge in [-0.2, -0.15) is 0 Å². The summed E-state index contributed by atoms with van der Waals surface area (Å²) in [6, 6.07) is 7.06. The number of hydrogen-bond donors (Lipinski definition) is 2. The van der Waals surface area contributed by atoms with E-state index in [4.69, 9.17) is 0 Å². The lowest BCUT2D eigenvalue weighted by molar-refractivity contribution is -0.149. The topological polar surface area (TPSA) is 99.6 Å². The summed E-state index contributed by atoms with van der Waals surface area (Å²) >= 11 is 1.66. The molecule has 1 aromatic heterocycles. The SMILES string of the molecule is CC(=O)NCCN(C(=O)CCCCc1nc2ccccc2s1)C(C)C(=O)O. The van der Waals surface area contributed by atoms with Crippen LogP contribution in [0, 0.1) is 0 Å². The summed E-state index contributed by atoms with van der Waals surface area (Å²) in [5, 5.41) is 12.9. The first kappa shape index (κ1) is 20.8. The number of unbranched alkanes of at least 4 members (excludes halogenated alkanes) is 1. The molecule has 27 heavy (non-hydrogen) atoms. The number of para-hydroxylation sites is 1. The summed E-state index contributed by atoms with van der Waals surface area (Å²) in [6.07, 6.45) is 2.56. The molecule has 7 nitrogen and oxygen atoms in total. The number of thiazole rings is 1. The minimum atomic E-state index is -1.05. The summed E-state index contributed by atoms with van der Waals surface area (Å²) < 4.78 is 1.16. The predicted octanol–water partition coefficient (Wildman–Crippen LogP) is 2.45. The lowest BCUT2D eigenvalue weighted by Gasteiger charge is -2.26. The lowest BCUT2D eigenvalue weighted by Crippen LogP contribution is -2.46. The summed E-state index contributed by atoms with van der Waals surface area (Å²) in [4.78, 5) is 40.6. The number of nitrogens with one attached hydrogen (secondary N) is 1. The first-order valence-corrected chi connectivity index (χ1v) is 9.81. The van der Waals surface area contributed by atoms with Crippen molar-refractivity contribution in [1.82, 2.24) is 15.2 Å². The van der Waals surface area contributed by atoms with E-state index in [1.807, 2.05) is 24.3 Å². The normalized spacial score (nSPS) is 11.9. The van der Waals surface area contributed by atoms with Crippen molar-refractivity contribution in [1.29, 1.82) is 0 Å². The Morgan fingerprint density at radius 2 is 2.00 bits per heavy atom. The number of hydrogen-bond acceptors (Lipinski definition) is 5. The summed E-state index contributed by atoms with van der Waals surface area (Å²) in [5.74, 6) is -1.47. The lowest BCUT2D eigenvalue weighted by atomic mass is 10.1. The third kappa shape index (κ3) is 6.32. The molecule has 0 aliphatic carbocycles. The number of nitrogens with zero attached hydrogens (tertiary/aromatic N) is 2. The second-order valence-electron chi connectivity index (χ2n) is 6.37. The summed E-state index contributed by atoms with van der Waals surface area (Å²) in [5.41, 5.74) is 0.994. The molecule has 2 amide bonds. The van der Waals surface area contributed by atoms with Crippen molar-refractivity contribution in [3.8, 4) is 0 Å². The molecule has 0 fully saturated rings. The smallest absolute Gasteiger partial charge is 0.326 e. The molecule has 0 radical (unpaired) electrons. The van der Waals surface area contributed by atoms with Crippen molar-refractivity contribution in [2.75, 3.05) is 13.1 Å². The van der Waals surface area contributed by atoms with Gasteiger partial charge in [0.2, 0.25) is 11.8 Å². The number of carbonyl (C=O) groups excluding carboxylic acids is 2. The fourth-order valence-electron chi connectivity index (χ4n) is 2.74. The largest absolute Gasteiger partial charge is 0.480 e. The molecule has 0 spiro atoms. The molecule has 146 valence electrons. The highest BCUT2D eigenvalue weighted by molar-refractivity contribution is 7.18. The molecule has 8 heteroatoms. The number of aromatic nitrogens is 1. The molecule has 2 aromatic rings. The van der Waals surface area contributed by atoms with Crippen molar-refractivity contribution in [2.24, 2.45) is 0 Å². The van der Waals surface area contributed by atoms with Crippen LogP contribution < -0.4 is 5.32 Å². The third-order valence-electron chi connectivity index (χ3n) is 4.24. The molecule has 1 unspecified atom stereocenters. The molecular formula is C19H25N3O4S. The molecule has 0 aliphatic heterocycles. The zero-order valence-corrected chi connectivity index (χ0v) is 16.4. The quantitative estimate of drug-likeness (QED) is 0.606. The average Bonchev–Trinajstić information content (AvgIpc) is 3.04. The number of carboxylic acids is 1. The van der Waals surface area contributed by atoms with Gasteiger partial charge in [-0.05, 0) is 38.3 Å². The van der Waals surface area contributed by atoms with Crippen molar-refractivity contribution >= 4 is 39.3 Å². The summed E-state index contributed by atoms with van der Waals surface area (Å²) in [7, 11) is 0. The van der Waals surface area contributed by atoms with Crippen LogP contribution in [0.2, 0.25) is 0 Å². The van der Waals surface area contributed by atoms with E-state index in [-0.39, 0.29) is 31.3 Å². The van der Waals surface area contributed by atoms with Gasteiger partial charge in [0.05, 0.1) is 15.2 Å². The van der Waals surface area contributed by atoms with Crippen LogP contribution in [0.4, 0.5) is 0 Å². The van der Waals surface area contributed by atoms with E-state index in [1.54, 1.807) is 11.3 Å². The van der Waals surface area contributed by atoms with Gasteiger partial charge >= 0.3 is 5.97 Å². The maximum atomic E-state index is 12.5. The number of carbonyl (C=O) groups is 3. The molecule has 0 bridgehead atoms. The Morgan fingerprint density at radius 1 is 1.26 bits per heavy atom. The maximum Gasteiger partial charge on any atom is 0.326 e. The number of aryl methyl sites for hydroxylation is 1. The average molecular weight is 391 g/mol. The minimum absolute atomic E-state index is 0.184. The molecule has 2 N–H and O–H groups in total. The Bertz CT molecular complexity index is 772. The van der Waals surface area contributed by atoms with E-state index in [9.17, 15) is 19.5 Å². The highest BCUT2D eigenvalue weighted by atomic mass is 32.1. The van der Waals surface area contributed by atoms with Crippen LogP contribution in [0.3, 0.4) is 0 Å². The van der Waals surface area contributed by atoms with E-state index in [2.05, 4.69) is 10.3 Å². The number of carboxylic acid groups (broad SMARTS) is 1. The van der Waals surface area contributed by atoms with Crippen LogP contribution in [0.1, 0.15) is 38.1 Å². The van der Waals surface area contributed by atoms with E-state index in [1.165, 1.54) is 18.7 Å². The molecule has 0 saturated heterocycles. The van der Waals surface area contributed by atoms with Crippen molar-refractivity contribution in [2.45, 2.75) is 45.6 Å². The zero-order chi connectivity index (χ0) is 19.8. The van der Waals surface area contributed by atoms with Crippen molar-refractivity contribution in [3.05, 3.63) is 29.3 Å². The van der Waals surface area contributed by atoms with Gasteiger partial charge in [-0.15, -0.1) is 11.3 Å². The first-order chi connectivity index (χ1) is 12.9. The van der Waals surface area contributed by atoms with Gasteiger partial charge < -0.3 is 15.3 Å². The maximum absolute atomic E-state index is 12.5. The van der Waals surface area contributed by atoms with E-state index in [0.29, 0.717) is 6.42 Å². The second kappa shape index (κ2) is 10.0. The van der Waals surface area contributed by atoms with Crippen LogP contribution in [0.25, 0.3) is 10.2 Å². The number of benzene rings is 1. The molecule has 2 rings (SSSR count). The van der Waals surface area contributed by atoms with Crippen molar-refractivity contribution < 1.29 is 19.5 Å². The Labute approximate surface area is 162 Å². The Kier molecular flexibility index (Phi) is 7.72. The van der Waals surface area contributed by atoms with Gasteiger partial charge in [-0.1, -0.05) is 12.1 Å². The summed E-state index contributed by atoms with van der Waals surface area (Å²) in [6.45, 7) is 3.29. The second-order valence-corrected chi connectivity index (χ2v) is 7.48. The van der Waals surface area contributed by atoms with Crippen LogP contribution in [0.5, 0.6) is 0 Å². The van der Waals surface area contributed by atoms with E-state index >= 15 is 0 Å².